The normalized spacial score (nSPS) is 14.4. The number of aliphatic hydroxyl groups excluding tert-OH is 1. The van der Waals surface area contributed by atoms with Gasteiger partial charge < -0.3 is 15.3 Å². The van der Waals surface area contributed by atoms with Gasteiger partial charge in [-0.2, -0.15) is 0 Å². The van der Waals surface area contributed by atoms with Crippen molar-refractivity contribution in [2.45, 2.75) is 32.5 Å². The van der Waals surface area contributed by atoms with Crippen LogP contribution in [-0.2, 0) is 6.54 Å². The van der Waals surface area contributed by atoms with Crippen molar-refractivity contribution in [1.29, 1.82) is 0 Å². The van der Waals surface area contributed by atoms with E-state index in [2.05, 4.69) is 10.3 Å². The van der Waals surface area contributed by atoms with Crippen LogP contribution in [-0.4, -0.2) is 28.8 Å². The maximum Gasteiger partial charge on any atom is 0.253 e. The second kappa shape index (κ2) is 9.16. The molecule has 1 fully saturated rings. The van der Waals surface area contributed by atoms with E-state index < -0.39 is 6.23 Å². The van der Waals surface area contributed by atoms with Gasteiger partial charge >= 0.3 is 0 Å². The van der Waals surface area contributed by atoms with Crippen LogP contribution >= 0.6 is 22.9 Å². The molecule has 5 nitrogen and oxygen atoms in total. The minimum atomic E-state index is -0.598. The number of aliphatic hydroxyl groups is 1. The zero-order valence-electron chi connectivity index (χ0n) is 16.7. The highest BCUT2D eigenvalue weighted by Gasteiger charge is 2.27. The smallest absolute Gasteiger partial charge is 0.253 e. The van der Waals surface area contributed by atoms with E-state index >= 15 is 0 Å². The molecule has 1 aromatic carbocycles. The van der Waals surface area contributed by atoms with E-state index in [0.717, 1.165) is 28.4 Å². The predicted octanol–water partition coefficient (Wildman–Crippen LogP) is 4.95. The molecular weight excluding hydrogens is 418 g/mol. The van der Waals surface area contributed by atoms with Crippen LogP contribution in [0.15, 0.2) is 54.0 Å². The summed E-state index contributed by atoms with van der Waals surface area (Å²) in [5.74, 6) is 0.485. The molecule has 1 amide bonds. The fraction of sp³-hybridized carbons (Fsp3) is 0.304. The quantitative estimate of drug-likeness (QED) is 0.485. The SMILES string of the molecule is CC(O)N(CC1CC1)c1ccc(-c2ccc(C(=O)NCc3cccs3)cn2)cc1Cl. The lowest BCUT2D eigenvalue weighted by atomic mass is 10.1. The van der Waals surface area contributed by atoms with E-state index in [1.807, 2.05) is 46.7 Å². The number of benzene rings is 1. The zero-order valence-corrected chi connectivity index (χ0v) is 18.3. The summed E-state index contributed by atoms with van der Waals surface area (Å²) in [4.78, 5) is 19.8. The second-order valence-electron chi connectivity index (χ2n) is 7.59. The first-order valence-electron chi connectivity index (χ1n) is 10.0. The number of thiophene rings is 1. The van der Waals surface area contributed by atoms with Gasteiger partial charge in [0.1, 0.15) is 6.23 Å². The Kier molecular flexibility index (Phi) is 6.37. The predicted molar refractivity (Wildman–Crippen MR) is 122 cm³/mol. The summed E-state index contributed by atoms with van der Waals surface area (Å²) in [5.41, 5.74) is 2.95. The standard InChI is InChI=1S/C23H24ClN3O2S/c1-15(28)27(14-16-4-5-16)22-9-7-17(11-20(22)24)21-8-6-18(12-25-21)23(29)26-13-19-3-2-10-30-19/h2-3,6-12,15-16,28H,4-5,13-14H2,1H3,(H,26,29). The summed E-state index contributed by atoms with van der Waals surface area (Å²) >= 11 is 8.16. The number of nitrogens with one attached hydrogen (secondary N) is 1. The molecule has 0 bridgehead atoms. The van der Waals surface area contributed by atoms with E-state index in [9.17, 15) is 9.90 Å². The molecule has 1 unspecified atom stereocenters. The molecule has 2 aromatic heterocycles. The number of carbonyl (C=O) groups excluding carboxylic acids is 1. The van der Waals surface area contributed by atoms with Gasteiger partial charge in [0.25, 0.3) is 5.91 Å². The van der Waals surface area contributed by atoms with Gasteiger partial charge in [0.05, 0.1) is 28.5 Å². The molecule has 3 aromatic rings. The average molecular weight is 442 g/mol. The highest BCUT2D eigenvalue weighted by molar-refractivity contribution is 7.09. The minimum absolute atomic E-state index is 0.150. The molecule has 0 saturated heterocycles. The number of hydrogen-bond donors (Lipinski definition) is 2. The molecule has 1 atom stereocenters. The Morgan fingerprint density at radius 2 is 2.17 bits per heavy atom. The largest absolute Gasteiger partial charge is 0.374 e. The topological polar surface area (TPSA) is 65.5 Å². The van der Waals surface area contributed by atoms with Gasteiger partial charge in [-0.3, -0.25) is 9.78 Å². The molecule has 2 heterocycles. The number of aromatic nitrogens is 1. The maximum absolute atomic E-state index is 12.3. The van der Waals surface area contributed by atoms with Crippen LogP contribution in [0.5, 0.6) is 0 Å². The molecule has 1 aliphatic carbocycles. The molecule has 1 saturated carbocycles. The highest BCUT2D eigenvalue weighted by atomic mass is 35.5. The molecule has 0 aliphatic heterocycles. The third-order valence-corrected chi connectivity index (χ3v) is 6.36. The number of nitrogens with zero attached hydrogens (tertiary/aromatic N) is 2. The summed E-state index contributed by atoms with van der Waals surface area (Å²) < 4.78 is 0. The van der Waals surface area contributed by atoms with Crippen LogP contribution in [0.2, 0.25) is 5.02 Å². The molecule has 2 N–H and O–H groups in total. The molecule has 156 valence electrons. The molecule has 4 rings (SSSR count). The Bertz CT molecular complexity index is 1000. The number of rotatable bonds is 8. The van der Waals surface area contributed by atoms with Crippen molar-refractivity contribution in [2.75, 3.05) is 11.4 Å². The van der Waals surface area contributed by atoms with Crippen molar-refractivity contribution >= 4 is 34.5 Å². The van der Waals surface area contributed by atoms with Crippen molar-refractivity contribution in [3.63, 3.8) is 0 Å². The van der Waals surface area contributed by atoms with Crippen LogP contribution in [0.25, 0.3) is 11.3 Å². The Labute approximate surface area is 185 Å². The molecule has 1 aliphatic rings. The van der Waals surface area contributed by atoms with Crippen molar-refractivity contribution in [3.05, 3.63) is 69.5 Å². The summed E-state index contributed by atoms with van der Waals surface area (Å²) in [6.45, 7) is 3.08. The van der Waals surface area contributed by atoms with Crippen molar-refractivity contribution in [1.82, 2.24) is 10.3 Å². The lowest BCUT2D eigenvalue weighted by Gasteiger charge is -2.29. The van der Waals surface area contributed by atoms with E-state index in [4.69, 9.17) is 11.6 Å². The van der Waals surface area contributed by atoms with Crippen LogP contribution in [0.1, 0.15) is 35.0 Å². The van der Waals surface area contributed by atoms with Crippen LogP contribution < -0.4 is 10.2 Å². The summed E-state index contributed by atoms with van der Waals surface area (Å²) in [6.07, 6.45) is 3.39. The number of anilines is 1. The number of halogens is 1. The average Bonchev–Trinajstić information content (AvgIpc) is 3.42. The molecule has 0 radical (unpaired) electrons. The van der Waals surface area contributed by atoms with Crippen molar-refractivity contribution < 1.29 is 9.90 Å². The molecule has 30 heavy (non-hydrogen) atoms. The van der Waals surface area contributed by atoms with Gasteiger partial charge in [0.2, 0.25) is 0 Å². The lowest BCUT2D eigenvalue weighted by Crippen LogP contribution is -2.34. The number of carbonyl (C=O) groups is 1. The van der Waals surface area contributed by atoms with Crippen LogP contribution in [0, 0.1) is 5.92 Å². The molecule has 0 spiro atoms. The summed E-state index contributed by atoms with van der Waals surface area (Å²) in [6, 6.07) is 13.3. The van der Waals surface area contributed by atoms with Gasteiger partial charge in [-0.15, -0.1) is 11.3 Å². The number of amides is 1. The fourth-order valence-electron chi connectivity index (χ4n) is 3.31. The maximum atomic E-state index is 12.3. The van der Waals surface area contributed by atoms with Gasteiger partial charge in [0.15, 0.2) is 0 Å². The number of hydrogen-bond acceptors (Lipinski definition) is 5. The van der Waals surface area contributed by atoms with Gasteiger partial charge in [-0.1, -0.05) is 23.7 Å². The summed E-state index contributed by atoms with van der Waals surface area (Å²) in [7, 11) is 0. The van der Waals surface area contributed by atoms with E-state index in [1.165, 1.54) is 12.8 Å². The Balaban J connectivity index is 1.45. The van der Waals surface area contributed by atoms with Gasteiger partial charge in [-0.25, -0.2) is 0 Å². The fourth-order valence-corrected chi connectivity index (χ4v) is 4.25. The third kappa shape index (κ3) is 5.01. The third-order valence-electron chi connectivity index (χ3n) is 5.18. The molecular formula is C23H24ClN3O2S. The first kappa shape index (κ1) is 20.8. The van der Waals surface area contributed by atoms with Crippen molar-refractivity contribution in [3.8, 4) is 11.3 Å². The Morgan fingerprint density at radius 1 is 1.33 bits per heavy atom. The van der Waals surface area contributed by atoms with E-state index in [1.54, 1.807) is 30.5 Å². The Hall–Kier alpha value is -2.41. The van der Waals surface area contributed by atoms with Crippen LogP contribution in [0.4, 0.5) is 5.69 Å². The first-order chi connectivity index (χ1) is 14.5. The monoisotopic (exact) mass is 441 g/mol. The van der Waals surface area contributed by atoms with E-state index in [0.29, 0.717) is 23.0 Å². The lowest BCUT2D eigenvalue weighted by molar-refractivity contribution is 0.0951. The Morgan fingerprint density at radius 3 is 2.77 bits per heavy atom. The van der Waals surface area contributed by atoms with Crippen molar-refractivity contribution in [2.24, 2.45) is 5.92 Å². The van der Waals surface area contributed by atoms with Gasteiger partial charge in [-0.05, 0) is 61.4 Å². The zero-order chi connectivity index (χ0) is 21.1. The minimum Gasteiger partial charge on any atom is -0.374 e. The molecule has 7 heteroatoms. The summed E-state index contributed by atoms with van der Waals surface area (Å²) in [5, 5.41) is 15.6. The second-order valence-corrected chi connectivity index (χ2v) is 9.03. The number of pyridine rings is 1. The van der Waals surface area contributed by atoms with E-state index in [-0.39, 0.29) is 5.91 Å². The van der Waals surface area contributed by atoms with Gasteiger partial charge in [0, 0.05) is 23.2 Å². The van der Waals surface area contributed by atoms with Crippen LogP contribution in [0.3, 0.4) is 0 Å². The highest BCUT2D eigenvalue weighted by Crippen LogP contribution is 2.36. The first-order valence-corrected chi connectivity index (χ1v) is 11.3.